The summed E-state index contributed by atoms with van der Waals surface area (Å²) >= 11 is 0. The number of aromatic nitrogens is 1. The number of amides is 1. The van der Waals surface area contributed by atoms with Gasteiger partial charge in [0.05, 0.1) is 14.2 Å². The molecule has 0 unspecified atom stereocenters. The Hall–Kier alpha value is -3.87. The third-order valence-electron chi connectivity index (χ3n) is 5.82. The molecule has 0 radical (unpaired) electrons. The molecular formula is C25H24N2O5. The lowest BCUT2D eigenvalue weighted by Gasteiger charge is -2.24. The molecule has 2 aromatic carbocycles. The van der Waals surface area contributed by atoms with E-state index >= 15 is 0 Å². The predicted molar refractivity (Wildman–Crippen MR) is 121 cm³/mol. The van der Waals surface area contributed by atoms with Crippen molar-refractivity contribution in [1.82, 2.24) is 4.98 Å². The van der Waals surface area contributed by atoms with E-state index in [1.165, 1.54) is 6.07 Å². The number of Topliss-reactive ketones (excluding diaryl/α,β-unsaturated/α-hetero) is 1. The van der Waals surface area contributed by atoms with E-state index in [0.717, 1.165) is 11.1 Å². The normalized spacial score (nSPS) is 15.1. The second-order valence-electron chi connectivity index (χ2n) is 7.82. The number of nitrogens with one attached hydrogen (secondary N) is 2. The molecule has 7 nitrogen and oxygen atoms in total. The van der Waals surface area contributed by atoms with E-state index < -0.39 is 11.5 Å². The minimum absolute atomic E-state index is 0.0788. The first-order chi connectivity index (χ1) is 15.4. The van der Waals surface area contributed by atoms with Crippen LogP contribution in [0.5, 0.6) is 11.5 Å². The second-order valence-corrected chi connectivity index (χ2v) is 7.82. The zero-order valence-electron chi connectivity index (χ0n) is 18.2. The SMILES string of the molecule is COc1ccc([C@@H]2CC(=O)c3cc(C(=O)Nc4ccccc4C)c(=O)[nH]c3C2)cc1OC. The fraction of sp³-hybridized carbons (Fsp3) is 0.240. The number of aromatic amines is 1. The van der Waals surface area contributed by atoms with Crippen LogP contribution in [-0.4, -0.2) is 30.9 Å². The first kappa shape index (κ1) is 21.4. The first-order valence-corrected chi connectivity index (χ1v) is 10.3. The number of ketones is 1. The van der Waals surface area contributed by atoms with Crippen LogP contribution in [-0.2, 0) is 6.42 Å². The van der Waals surface area contributed by atoms with Gasteiger partial charge in [0, 0.05) is 23.4 Å². The Morgan fingerprint density at radius 1 is 1.00 bits per heavy atom. The Kier molecular flexibility index (Phi) is 5.81. The summed E-state index contributed by atoms with van der Waals surface area (Å²) in [5.74, 6) is 0.416. The molecule has 0 fully saturated rings. The molecule has 4 rings (SSSR count). The van der Waals surface area contributed by atoms with Gasteiger partial charge in [-0.2, -0.15) is 0 Å². The molecular weight excluding hydrogens is 408 g/mol. The topological polar surface area (TPSA) is 97.5 Å². The maximum atomic E-state index is 12.9. The fourth-order valence-electron chi connectivity index (χ4n) is 4.04. The number of para-hydroxylation sites is 1. The Balaban J connectivity index is 1.62. The highest BCUT2D eigenvalue weighted by Crippen LogP contribution is 2.36. The van der Waals surface area contributed by atoms with Gasteiger partial charge in [0.1, 0.15) is 5.56 Å². The van der Waals surface area contributed by atoms with E-state index in [2.05, 4.69) is 10.3 Å². The molecule has 0 bridgehead atoms. The van der Waals surface area contributed by atoms with Crippen LogP contribution in [0.3, 0.4) is 0 Å². The summed E-state index contributed by atoms with van der Waals surface area (Å²) < 4.78 is 10.7. The zero-order chi connectivity index (χ0) is 22.8. The van der Waals surface area contributed by atoms with Gasteiger partial charge >= 0.3 is 0 Å². The molecule has 1 aliphatic rings. The second kappa shape index (κ2) is 8.70. The van der Waals surface area contributed by atoms with Crippen LogP contribution in [0, 0.1) is 6.92 Å². The number of pyridine rings is 1. The standard InChI is InChI=1S/C25H24N2O5/c1-14-6-4-5-7-19(14)26-24(29)18-13-17-20(27-25(18)30)10-16(11-21(17)28)15-8-9-22(31-2)23(12-15)32-3/h4-9,12-13,16H,10-11H2,1-3H3,(H,26,29)(H,27,30)/t16-/m0/s1. The van der Waals surface area contributed by atoms with Crippen LogP contribution in [0.15, 0.2) is 53.3 Å². The number of rotatable bonds is 5. The number of aryl methyl sites for hydroxylation is 1. The molecule has 1 aliphatic carbocycles. The summed E-state index contributed by atoms with van der Waals surface area (Å²) in [5.41, 5.74) is 2.75. The lowest BCUT2D eigenvalue weighted by molar-refractivity contribution is 0.0963. The number of carbonyl (C=O) groups excluding carboxylic acids is 2. The van der Waals surface area contributed by atoms with Crippen molar-refractivity contribution in [2.75, 3.05) is 19.5 Å². The van der Waals surface area contributed by atoms with Gasteiger partial charge in [-0.15, -0.1) is 0 Å². The van der Waals surface area contributed by atoms with Gasteiger partial charge in [-0.1, -0.05) is 24.3 Å². The van der Waals surface area contributed by atoms with Crippen LogP contribution in [0.1, 0.15) is 49.9 Å². The molecule has 0 saturated heterocycles. The van der Waals surface area contributed by atoms with E-state index in [0.29, 0.717) is 34.9 Å². The average Bonchev–Trinajstić information content (AvgIpc) is 2.79. The molecule has 7 heteroatoms. The average molecular weight is 432 g/mol. The summed E-state index contributed by atoms with van der Waals surface area (Å²) in [6, 6.07) is 14.3. The Bertz CT molecular complexity index is 1260. The van der Waals surface area contributed by atoms with E-state index in [1.54, 1.807) is 32.4 Å². The molecule has 1 heterocycles. The van der Waals surface area contributed by atoms with Gasteiger partial charge in [-0.25, -0.2) is 0 Å². The van der Waals surface area contributed by atoms with Crippen LogP contribution < -0.4 is 20.3 Å². The summed E-state index contributed by atoms with van der Waals surface area (Å²) in [6.45, 7) is 1.87. The van der Waals surface area contributed by atoms with Gasteiger partial charge in [-0.3, -0.25) is 14.4 Å². The number of anilines is 1. The summed E-state index contributed by atoms with van der Waals surface area (Å²) in [7, 11) is 3.12. The van der Waals surface area contributed by atoms with Crippen LogP contribution in [0.2, 0.25) is 0 Å². The maximum Gasteiger partial charge on any atom is 0.261 e. The Morgan fingerprint density at radius 2 is 1.75 bits per heavy atom. The molecule has 3 aromatic rings. The van der Waals surface area contributed by atoms with Crippen LogP contribution >= 0.6 is 0 Å². The maximum absolute atomic E-state index is 12.9. The van der Waals surface area contributed by atoms with Gasteiger partial charge in [0.25, 0.3) is 11.5 Å². The van der Waals surface area contributed by atoms with E-state index in [1.807, 2.05) is 31.2 Å². The number of fused-ring (bicyclic) bond motifs is 1. The monoisotopic (exact) mass is 432 g/mol. The first-order valence-electron chi connectivity index (χ1n) is 10.3. The lowest BCUT2D eigenvalue weighted by Crippen LogP contribution is -2.29. The highest BCUT2D eigenvalue weighted by atomic mass is 16.5. The van der Waals surface area contributed by atoms with Gasteiger partial charge in [0.15, 0.2) is 17.3 Å². The third kappa shape index (κ3) is 4.01. The van der Waals surface area contributed by atoms with Crippen molar-refractivity contribution in [2.24, 2.45) is 0 Å². The highest BCUT2D eigenvalue weighted by molar-refractivity contribution is 6.07. The van der Waals surface area contributed by atoms with E-state index in [-0.39, 0.29) is 23.7 Å². The predicted octanol–water partition coefficient (Wildman–Crippen LogP) is 3.87. The summed E-state index contributed by atoms with van der Waals surface area (Å²) in [5, 5.41) is 2.75. The van der Waals surface area contributed by atoms with E-state index in [9.17, 15) is 14.4 Å². The molecule has 0 aliphatic heterocycles. The number of hydrogen-bond donors (Lipinski definition) is 2. The number of carbonyl (C=O) groups is 2. The van der Waals surface area contributed by atoms with Crippen molar-refractivity contribution in [2.45, 2.75) is 25.7 Å². The molecule has 0 saturated carbocycles. The molecule has 0 spiro atoms. The number of benzene rings is 2. The van der Waals surface area contributed by atoms with Gasteiger partial charge in [-0.05, 0) is 54.7 Å². The summed E-state index contributed by atoms with van der Waals surface area (Å²) in [6.07, 6.45) is 0.749. The highest BCUT2D eigenvalue weighted by Gasteiger charge is 2.29. The molecule has 1 atom stereocenters. The van der Waals surface area contributed by atoms with Gasteiger partial charge in [0.2, 0.25) is 0 Å². The largest absolute Gasteiger partial charge is 0.493 e. The Morgan fingerprint density at radius 3 is 2.47 bits per heavy atom. The minimum atomic E-state index is -0.543. The number of ether oxygens (including phenoxy) is 2. The fourth-order valence-corrected chi connectivity index (χ4v) is 4.04. The smallest absolute Gasteiger partial charge is 0.261 e. The Labute approximate surface area is 185 Å². The molecule has 2 N–H and O–H groups in total. The van der Waals surface area contributed by atoms with Crippen molar-refractivity contribution in [1.29, 1.82) is 0 Å². The number of H-pyrrole nitrogens is 1. The molecule has 1 amide bonds. The lowest BCUT2D eigenvalue weighted by atomic mass is 9.81. The van der Waals surface area contributed by atoms with Crippen molar-refractivity contribution in [3.05, 3.63) is 86.8 Å². The van der Waals surface area contributed by atoms with Crippen LogP contribution in [0.25, 0.3) is 0 Å². The number of methoxy groups -OCH3 is 2. The van der Waals surface area contributed by atoms with Crippen molar-refractivity contribution < 1.29 is 19.1 Å². The van der Waals surface area contributed by atoms with E-state index in [4.69, 9.17) is 9.47 Å². The van der Waals surface area contributed by atoms with Gasteiger partial charge < -0.3 is 19.8 Å². The molecule has 1 aromatic heterocycles. The van der Waals surface area contributed by atoms with Crippen molar-refractivity contribution in [3.63, 3.8) is 0 Å². The van der Waals surface area contributed by atoms with Crippen LogP contribution in [0.4, 0.5) is 5.69 Å². The van der Waals surface area contributed by atoms with Crippen molar-refractivity contribution >= 4 is 17.4 Å². The quantitative estimate of drug-likeness (QED) is 0.638. The van der Waals surface area contributed by atoms with Crippen molar-refractivity contribution in [3.8, 4) is 11.5 Å². The third-order valence-corrected chi connectivity index (χ3v) is 5.82. The molecule has 164 valence electrons. The zero-order valence-corrected chi connectivity index (χ0v) is 18.2. The molecule has 32 heavy (non-hydrogen) atoms. The minimum Gasteiger partial charge on any atom is -0.493 e. The summed E-state index contributed by atoms with van der Waals surface area (Å²) in [4.78, 5) is 41.1. The number of hydrogen-bond acceptors (Lipinski definition) is 5.